The number of phenolic OH excluding ortho intramolecular Hbond substituents is 1. The SMILES string of the molecule is C[C@@H](NC(=O)N1C(=O)[C@@]2(c3cc(C#CCn4nnc5ccccc54)ccc31)[C@H](C(N)=O)[C@H]1C(=O)O[C@H](c3ccccc3)[C@H](c3ccccc3)N1[C@@H]2c1ccc(O)cc1)c1ccccc1. The monoisotopic (exact) mass is 847 g/mol. The van der Waals surface area contributed by atoms with Crippen LogP contribution in [0, 0.1) is 17.8 Å². The highest BCUT2D eigenvalue weighted by Crippen LogP contribution is 2.65. The quantitative estimate of drug-likeness (QED) is 0.115. The van der Waals surface area contributed by atoms with Crippen LogP contribution >= 0.6 is 0 Å². The van der Waals surface area contributed by atoms with Gasteiger partial charge in [0.1, 0.15) is 35.4 Å². The Hall–Kier alpha value is -8.08. The van der Waals surface area contributed by atoms with Crippen LogP contribution in [0.1, 0.15) is 64.5 Å². The first-order chi connectivity index (χ1) is 31.2. The van der Waals surface area contributed by atoms with Crippen molar-refractivity contribution in [2.24, 2.45) is 11.7 Å². The molecule has 3 aliphatic rings. The maximum absolute atomic E-state index is 16.1. The van der Waals surface area contributed by atoms with Crippen LogP contribution in [0.3, 0.4) is 0 Å². The smallest absolute Gasteiger partial charge is 0.329 e. The number of carbonyl (C=O) groups excluding carboxylic acids is 4. The van der Waals surface area contributed by atoms with Gasteiger partial charge < -0.3 is 20.9 Å². The molecule has 3 aliphatic heterocycles. The van der Waals surface area contributed by atoms with Gasteiger partial charge in [-0.15, -0.1) is 5.10 Å². The molecule has 0 saturated carbocycles. The molecule has 13 heteroatoms. The Morgan fingerprint density at radius 2 is 1.47 bits per heavy atom. The number of morpholine rings is 1. The second-order valence-corrected chi connectivity index (χ2v) is 16.3. The molecule has 0 unspecified atom stereocenters. The van der Waals surface area contributed by atoms with E-state index >= 15 is 4.79 Å². The number of amides is 4. The van der Waals surface area contributed by atoms with Gasteiger partial charge in [0.25, 0.3) is 0 Å². The summed E-state index contributed by atoms with van der Waals surface area (Å²) in [6, 6.07) is 42.4. The summed E-state index contributed by atoms with van der Waals surface area (Å²) in [5.41, 5.74) is 9.69. The predicted octanol–water partition coefficient (Wildman–Crippen LogP) is 6.81. The van der Waals surface area contributed by atoms with E-state index in [1.807, 2.05) is 127 Å². The van der Waals surface area contributed by atoms with Crippen molar-refractivity contribution in [1.29, 1.82) is 0 Å². The minimum Gasteiger partial charge on any atom is -0.508 e. The number of nitrogens with two attached hydrogens (primary N) is 1. The van der Waals surface area contributed by atoms with Gasteiger partial charge in [-0.2, -0.15) is 0 Å². The lowest BCUT2D eigenvalue weighted by molar-refractivity contribution is -0.178. The largest absolute Gasteiger partial charge is 0.508 e. The van der Waals surface area contributed by atoms with Crippen molar-refractivity contribution < 1.29 is 29.0 Å². The van der Waals surface area contributed by atoms with Crippen molar-refractivity contribution in [2.45, 2.75) is 49.2 Å². The number of hydrogen-bond donors (Lipinski definition) is 3. The molecular weight excluding hydrogens is 807 g/mol. The number of carbonyl (C=O) groups is 4. The van der Waals surface area contributed by atoms with Gasteiger partial charge in [0.15, 0.2) is 0 Å². The zero-order chi connectivity index (χ0) is 44.1. The molecule has 0 aliphatic carbocycles. The number of aromatic nitrogens is 3. The number of primary amides is 1. The zero-order valence-electron chi connectivity index (χ0n) is 34.5. The summed E-state index contributed by atoms with van der Waals surface area (Å²) in [7, 11) is 0. The second kappa shape index (κ2) is 16.0. The van der Waals surface area contributed by atoms with Crippen molar-refractivity contribution in [2.75, 3.05) is 4.90 Å². The van der Waals surface area contributed by atoms with Crippen LogP contribution in [0.15, 0.2) is 158 Å². The summed E-state index contributed by atoms with van der Waals surface area (Å²) in [5, 5.41) is 22.1. The lowest BCUT2D eigenvalue weighted by Gasteiger charge is -2.46. The minimum absolute atomic E-state index is 0.0367. The van der Waals surface area contributed by atoms with Crippen LogP contribution in [0.2, 0.25) is 0 Å². The molecule has 2 fully saturated rings. The van der Waals surface area contributed by atoms with Crippen LogP contribution in [0.4, 0.5) is 10.5 Å². The molecule has 4 N–H and O–H groups in total. The van der Waals surface area contributed by atoms with Crippen molar-refractivity contribution in [3.05, 3.63) is 191 Å². The highest BCUT2D eigenvalue weighted by molar-refractivity contribution is 6.24. The van der Waals surface area contributed by atoms with E-state index in [1.54, 1.807) is 35.0 Å². The van der Waals surface area contributed by atoms with Gasteiger partial charge >= 0.3 is 12.0 Å². The Kier molecular flexibility index (Phi) is 10.0. The third-order valence-electron chi connectivity index (χ3n) is 12.7. The molecule has 7 aromatic rings. The number of fused-ring (bicyclic) bond motifs is 4. The highest BCUT2D eigenvalue weighted by Gasteiger charge is 2.75. The van der Waals surface area contributed by atoms with Gasteiger partial charge in [0.05, 0.1) is 35.2 Å². The maximum Gasteiger partial charge on any atom is 0.329 e. The summed E-state index contributed by atoms with van der Waals surface area (Å²) in [4.78, 5) is 63.3. The molecule has 4 heterocycles. The number of esters is 1. The van der Waals surface area contributed by atoms with E-state index in [4.69, 9.17) is 10.5 Å². The lowest BCUT2D eigenvalue weighted by Crippen LogP contribution is -2.55. The summed E-state index contributed by atoms with van der Waals surface area (Å²) >= 11 is 0. The average molecular weight is 848 g/mol. The molecule has 64 heavy (non-hydrogen) atoms. The van der Waals surface area contributed by atoms with Crippen LogP contribution in [0.5, 0.6) is 5.75 Å². The van der Waals surface area contributed by atoms with Crippen molar-refractivity contribution in [1.82, 2.24) is 25.2 Å². The van der Waals surface area contributed by atoms with E-state index in [-0.39, 0.29) is 23.5 Å². The van der Waals surface area contributed by atoms with Gasteiger partial charge in [0, 0.05) is 5.56 Å². The zero-order valence-corrected chi connectivity index (χ0v) is 34.5. The van der Waals surface area contributed by atoms with E-state index in [1.165, 1.54) is 12.1 Å². The Bertz CT molecular complexity index is 3010. The normalized spacial score (nSPS) is 22.9. The first kappa shape index (κ1) is 40.0. The van der Waals surface area contributed by atoms with E-state index in [0.29, 0.717) is 16.7 Å². The summed E-state index contributed by atoms with van der Waals surface area (Å²) < 4.78 is 8.09. The fraction of sp³-hybridized carbons (Fsp3) is 0.176. The number of ether oxygens (including phenoxy) is 1. The van der Waals surface area contributed by atoms with Gasteiger partial charge in [-0.3, -0.25) is 19.3 Å². The summed E-state index contributed by atoms with van der Waals surface area (Å²) in [6.45, 7) is 2.00. The van der Waals surface area contributed by atoms with Crippen molar-refractivity contribution in [3.63, 3.8) is 0 Å². The van der Waals surface area contributed by atoms with Gasteiger partial charge in [0.2, 0.25) is 11.8 Å². The Balaban J connectivity index is 1.20. The molecule has 2 saturated heterocycles. The Morgan fingerprint density at radius 1 is 0.812 bits per heavy atom. The van der Waals surface area contributed by atoms with Crippen molar-refractivity contribution in [3.8, 4) is 17.6 Å². The summed E-state index contributed by atoms with van der Waals surface area (Å²) in [5.74, 6) is 2.34. The molecule has 10 rings (SSSR count). The predicted molar refractivity (Wildman–Crippen MR) is 237 cm³/mol. The minimum atomic E-state index is -2.02. The number of nitrogens with zero attached hydrogens (tertiary/aromatic N) is 5. The molecular formula is C51H41N7O6. The molecule has 0 radical (unpaired) electrons. The number of para-hydroxylation sites is 1. The number of imide groups is 1. The first-order valence-electron chi connectivity index (χ1n) is 20.9. The number of aromatic hydroxyl groups is 1. The highest BCUT2D eigenvalue weighted by atomic mass is 16.6. The van der Waals surface area contributed by atoms with E-state index in [0.717, 1.165) is 27.1 Å². The maximum atomic E-state index is 16.1. The van der Waals surface area contributed by atoms with Crippen LogP contribution in [0.25, 0.3) is 11.0 Å². The molecule has 316 valence electrons. The topological polar surface area (TPSA) is 173 Å². The van der Waals surface area contributed by atoms with Crippen molar-refractivity contribution >= 4 is 40.5 Å². The van der Waals surface area contributed by atoms with Gasteiger partial charge in [-0.05, 0) is 77.2 Å². The van der Waals surface area contributed by atoms with Crippen LogP contribution < -0.4 is 16.0 Å². The standard InChI is InChI=1S/C51H41N7O6/c1-31(33-15-5-2-6-16-33)53-50(63)57-40-28-23-32(14-13-29-56-41-22-12-11-21-39(41)54-55-56)30-38(40)51(49(57)62)42(47(52)60)44-48(61)64-45(35-19-9-4-10-20-35)43(34-17-7-3-8-18-34)58(44)46(51)36-24-26-37(59)27-25-36/h2-12,15-28,30-31,42-46,59H,29H2,1H3,(H2,52,60)(H,53,63)/t31-,42+,43+,44+,45-,46-,51+/m1/s1. The third kappa shape index (κ3) is 6.46. The molecule has 13 nitrogen and oxygen atoms in total. The van der Waals surface area contributed by atoms with Gasteiger partial charge in [-0.1, -0.05) is 132 Å². The number of benzene rings is 6. The molecule has 4 amide bonds. The van der Waals surface area contributed by atoms with E-state index < -0.39 is 65.4 Å². The second-order valence-electron chi connectivity index (χ2n) is 16.3. The van der Waals surface area contributed by atoms with E-state index in [9.17, 15) is 19.5 Å². The van der Waals surface area contributed by atoms with Crippen LogP contribution in [-0.2, 0) is 31.1 Å². The average Bonchev–Trinajstić information content (AvgIpc) is 3.96. The summed E-state index contributed by atoms with van der Waals surface area (Å²) in [6.07, 6.45) is -0.900. The van der Waals surface area contributed by atoms with Gasteiger partial charge in [-0.25, -0.2) is 14.4 Å². The number of nitrogens with one attached hydrogen (secondary N) is 1. The molecule has 7 atom stereocenters. The van der Waals surface area contributed by atoms with E-state index in [2.05, 4.69) is 27.5 Å². The molecule has 1 aromatic heterocycles. The fourth-order valence-corrected chi connectivity index (χ4v) is 10.00. The number of rotatable bonds is 7. The fourth-order valence-electron chi connectivity index (χ4n) is 10.00. The van der Waals surface area contributed by atoms with Crippen LogP contribution in [-0.4, -0.2) is 54.9 Å². The molecule has 6 aromatic carbocycles. The third-order valence-corrected chi connectivity index (χ3v) is 12.7. The number of hydrogen-bond acceptors (Lipinski definition) is 9. The lowest BCUT2D eigenvalue weighted by atomic mass is 9.65. The number of phenols is 1. The number of anilines is 1. The first-order valence-corrected chi connectivity index (χ1v) is 20.9. The Labute approximate surface area is 368 Å². The molecule has 1 spiro atoms. The molecule has 0 bridgehead atoms. The Morgan fingerprint density at radius 3 is 2.17 bits per heavy atom. The number of cyclic esters (lactones) is 1. The number of urea groups is 1.